The van der Waals surface area contributed by atoms with Crippen molar-refractivity contribution >= 4 is 50.6 Å². The first kappa shape index (κ1) is 26.7. The fourth-order valence-electron chi connectivity index (χ4n) is 5.16. The number of hydrogen-bond acceptors (Lipinski definition) is 6. The predicted molar refractivity (Wildman–Crippen MR) is 146 cm³/mol. The highest BCUT2D eigenvalue weighted by atomic mass is 35.5. The van der Waals surface area contributed by atoms with Crippen LogP contribution in [0.4, 0.5) is 15.9 Å². The van der Waals surface area contributed by atoms with Gasteiger partial charge in [-0.15, -0.1) is 0 Å². The Morgan fingerprint density at radius 3 is 2.55 bits per heavy atom. The molecule has 38 heavy (non-hydrogen) atoms. The Morgan fingerprint density at radius 2 is 1.87 bits per heavy atom. The van der Waals surface area contributed by atoms with Crippen LogP contribution >= 0.6 is 23.2 Å². The molecular formula is C26H25Cl2FN4O4S. The molecule has 1 spiro atoms. The smallest absolute Gasteiger partial charge is 0.235 e. The lowest BCUT2D eigenvalue weighted by atomic mass is 9.73. The van der Waals surface area contributed by atoms with Crippen LogP contribution in [-0.2, 0) is 20.2 Å². The highest BCUT2D eigenvalue weighted by Crippen LogP contribution is 2.47. The van der Waals surface area contributed by atoms with Gasteiger partial charge in [0.05, 0.1) is 16.7 Å². The first-order chi connectivity index (χ1) is 17.9. The van der Waals surface area contributed by atoms with Crippen molar-refractivity contribution in [3.05, 3.63) is 69.6 Å². The quantitative estimate of drug-likeness (QED) is 0.404. The lowest BCUT2D eigenvalue weighted by Gasteiger charge is -2.36. The number of nitrogens with two attached hydrogens (primary N) is 1. The maximum Gasteiger partial charge on any atom is 0.235 e. The Bertz CT molecular complexity index is 1560. The van der Waals surface area contributed by atoms with Gasteiger partial charge >= 0.3 is 0 Å². The molecule has 3 N–H and O–H groups in total. The van der Waals surface area contributed by atoms with Gasteiger partial charge in [0.25, 0.3) is 0 Å². The average Bonchev–Trinajstić information content (AvgIpc) is 3.13. The number of aromatic nitrogens is 1. The van der Waals surface area contributed by atoms with Crippen LogP contribution in [0.25, 0.3) is 11.1 Å². The number of ether oxygens (including phenoxy) is 1. The maximum atomic E-state index is 14.0. The lowest BCUT2D eigenvalue weighted by molar-refractivity contribution is -0.122. The van der Waals surface area contributed by atoms with Crippen LogP contribution in [0.2, 0.25) is 10.0 Å². The van der Waals surface area contributed by atoms with E-state index in [1.807, 2.05) is 18.2 Å². The van der Waals surface area contributed by atoms with E-state index in [0.717, 1.165) is 11.1 Å². The third kappa shape index (κ3) is 4.59. The highest BCUT2D eigenvalue weighted by molar-refractivity contribution is 7.88. The van der Waals surface area contributed by atoms with Gasteiger partial charge in [-0.25, -0.2) is 22.1 Å². The number of nitrogens with one attached hydrogen (secondary N) is 1. The summed E-state index contributed by atoms with van der Waals surface area (Å²) in [6, 6.07) is 9.90. The van der Waals surface area contributed by atoms with Crippen molar-refractivity contribution in [1.82, 2.24) is 9.29 Å². The van der Waals surface area contributed by atoms with E-state index in [4.69, 9.17) is 33.7 Å². The van der Waals surface area contributed by atoms with Crippen molar-refractivity contribution in [3.63, 3.8) is 0 Å². The number of halogens is 3. The molecule has 8 nitrogen and oxygen atoms in total. The lowest BCUT2D eigenvalue weighted by Crippen LogP contribution is -2.47. The second-order valence-electron chi connectivity index (χ2n) is 9.58. The van der Waals surface area contributed by atoms with Gasteiger partial charge in [0.1, 0.15) is 11.9 Å². The molecule has 0 unspecified atom stereocenters. The molecule has 5 rings (SSSR count). The summed E-state index contributed by atoms with van der Waals surface area (Å²) in [7, 11) is -3.33. The molecule has 1 aromatic heterocycles. The molecule has 0 bridgehead atoms. The van der Waals surface area contributed by atoms with E-state index in [1.165, 1.54) is 22.7 Å². The Kier molecular flexibility index (Phi) is 6.79. The number of carbonyl (C=O) groups is 1. The molecule has 0 radical (unpaired) electrons. The molecule has 1 atom stereocenters. The number of amides is 1. The number of pyridine rings is 1. The molecule has 200 valence electrons. The summed E-state index contributed by atoms with van der Waals surface area (Å²) < 4.78 is 45.5. The number of nitrogens with zero attached hydrogens (tertiary/aromatic N) is 2. The van der Waals surface area contributed by atoms with Crippen LogP contribution in [0.1, 0.15) is 37.0 Å². The Hall–Kier alpha value is -2.92. The van der Waals surface area contributed by atoms with Crippen molar-refractivity contribution in [2.45, 2.75) is 31.3 Å². The van der Waals surface area contributed by atoms with Crippen LogP contribution in [0.3, 0.4) is 0 Å². The molecule has 0 aliphatic carbocycles. The SMILES string of the molecule is C[C@@H](Oc1cc(-c2ccc3c(c2)C2(CCN(S(C)(=O)=O)CC2)C(=O)N3)cnc1N)c1c(Cl)ccc(F)c1Cl. The molecule has 3 heterocycles. The van der Waals surface area contributed by atoms with Gasteiger partial charge in [-0.05, 0) is 61.2 Å². The molecule has 12 heteroatoms. The molecule has 1 fully saturated rings. The number of rotatable bonds is 5. The van der Waals surface area contributed by atoms with E-state index in [-0.39, 0.29) is 40.6 Å². The minimum atomic E-state index is -3.33. The van der Waals surface area contributed by atoms with Crippen molar-refractivity contribution in [2.75, 3.05) is 30.4 Å². The number of nitrogen functional groups attached to an aromatic ring is 1. The molecular weight excluding hydrogens is 554 g/mol. The predicted octanol–water partition coefficient (Wildman–Crippen LogP) is 5.16. The fourth-order valence-corrected chi connectivity index (χ4v) is 6.68. The Morgan fingerprint density at radius 1 is 1.16 bits per heavy atom. The van der Waals surface area contributed by atoms with E-state index in [1.54, 1.807) is 19.2 Å². The van der Waals surface area contributed by atoms with Gasteiger partial charge in [0.2, 0.25) is 15.9 Å². The number of benzene rings is 2. The number of hydrogen-bond donors (Lipinski definition) is 2. The number of piperidine rings is 1. The summed E-state index contributed by atoms with van der Waals surface area (Å²) in [5, 5.41) is 3.08. The standard InChI is InChI=1S/C26H25Cl2FN4O4S/c1-14(22-18(27)4-5-19(29)23(22)28)37-21-12-16(13-31-24(21)30)15-3-6-20-17(11-15)26(25(34)32-20)7-9-33(10-8-26)38(2,35)36/h3-6,11-14H,7-10H2,1-2H3,(H2,30,31)(H,32,34)/t14-/m1/s1. The summed E-state index contributed by atoms with van der Waals surface area (Å²) in [6.45, 7) is 2.21. The largest absolute Gasteiger partial charge is 0.482 e. The van der Waals surface area contributed by atoms with Crippen LogP contribution in [0.5, 0.6) is 5.75 Å². The highest BCUT2D eigenvalue weighted by Gasteiger charge is 2.49. The number of carbonyl (C=O) groups excluding carboxylic acids is 1. The van der Waals surface area contributed by atoms with Gasteiger partial charge in [0, 0.05) is 41.1 Å². The molecule has 2 aliphatic rings. The van der Waals surface area contributed by atoms with Crippen LogP contribution in [0, 0.1) is 5.82 Å². The van der Waals surface area contributed by atoms with Crippen LogP contribution in [0.15, 0.2) is 42.6 Å². The van der Waals surface area contributed by atoms with Gasteiger partial charge < -0.3 is 15.8 Å². The van der Waals surface area contributed by atoms with E-state index in [2.05, 4.69) is 10.3 Å². The Balaban J connectivity index is 1.46. The molecule has 1 saturated heterocycles. The van der Waals surface area contributed by atoms with Crippen molar-refractivity contribution < 1.29 is 22.3 Å². The summed E-state index contributed by atoms with van der Waals surface area (Å²) in [5.41, 5.74) is 8.55. The van der Waals surface area contributed by atoms with Crippen LogP contribution in [-0.4, -0.2) is 43.0 Å². The molecule has 3 aromatic rings. The normalized spacial score (nSPS) is 17.8. The van der Waals surface area contributed by atoms with E-state index in [9.17, 15) is 17.6 Å². The monoisotopic (exact) mass is 578 g/mol. The maximum absolute atomic E-state index is 14.0. The van der Waals surface area contributed by atoms with E-state index in [0.29, 0.717) is 29.7 Å². The average molecular weight is 579 g/mol. The second kappa shape index (κ2) is 9.68. The van der Waals surface area contributed by atoms with Gasteiger partial charge in [-0.1, -0.05) is 29.3 Å². The topological polar surface area (TPSA) is 115 Å². The number of fused-ring (bicyclic) bond motifs is 2. The van der Waals surface area contributed by atoms with Crippen molar-refractivity contribution in [2.24, 2.45) is 0 Å². The molecule has 1 amide bonds. The molecule has 2 aromatic carbocycles. The fraction of sp³-hybridized carbons (Fsp3) is 0.308. The minimum absolute atomic E-state index is 0.129. The van der Waals surface area contributed by atoms with Gasteiger partial charge in [-0.3, -0.25) is 4.79 Å². The zero-order valence-electron chi connectivity index (χ0n) is 20.6. The third-order valence-electron chi connectivity index (χ3n) is 7.27. The number of sulfonamides is 1. The van der Waals surface area contributed by atoms with Gasteiger partial charge in [0.15, 0.2) is 11.6 Å². The summed E-state index contributed by atoms with van der Waals surface area (Å²) >= 11 is 12.4. The van der Waals surface area contributed by atoms with Crippen molar-refractivity contribution in [1.29, 1.82) is 0 Å². The summed E-state index contributed by atoms with van der Waals surface area (Å²) in [6.07, 6.45) is 2.80. The van der Waals surface area contributed by atoms with E-state index < -0.39 is 27.4 Å². The summed E-state index contributed by atoms with van der Waals surface area (Å²) in [5.74, 6) is -0.349. The summed E-state index contributed by atoms with van der Waals surface area (Å²) in [4.78, 5) is 17.3. The molecule has 2 aliphatic heterocycles. The van der Waals surface area contributed by atoms with E-state index >= 15 is 0 Å². The zero-order chi connectivity index (χ0) is 27.4. The van der Waals surface area contributed by atoms with Crippen LogP contribution < -0.4 is 15.8 Å². The van der Waals surface area contributed by atoms with Gasteiger partial charge in [-0.2, -0.15) is 0 Å². The second-order valence-corrected chi connectivity index (χ2v) is 12.4. The number of anilines is 2. The Labute approximate surface area is 229 Å². The first-order valence-electron chi connectivity index (χ1n) is 11.9. The first-order valence-corrected chi connectivity index (χ1v) is 14.5. The van der Waals surface area contributed by atoms with Crippen molar-refractivity contribution in [3.8, 4) is 16.9 Å². The third-order valence-corrected chi connectivity index (χ3v) is 9.28. The zero-order valence-corrected chi connectivity index (χ0v) is 22.9. The molecule has 0 saturated carbocycles. The minimum Gasteiger partial charge on any atom is -0.482 e.